The number of hydrogen-bond acceptors (Lipinski definition) is 3. The molecule has 126 valence electrons. The van der Waals surface area contributed by atoms with Crippen LogP contribution < -0.4 is 11.1 Å². The minimum Gasteiger partial charge on any atom is -0.350 e. The molecule has 3 rings (SSSR count). The van der Waals surface area contributed by atoms with Crippen molar-refractivity contribution in [2.75, 3.05) is 19.6 Å². The summed E-state index contributed by atoms with van der Waals surface area (Å²) >= 11 is 0. The van der Waals surface area contributed by atoms with E-state index in [1.807, 2.05) is 30.3 Å². The number of carbonyl (C=O) groups is 1. The van der Waals surface area contributed by atoms with Crippen LogP contribution in [0, 0.1) is 0 Å². The quantitative estimate of drug-likeness (QED) is 0.859. The zero-order chi connectivity index (χ0) is 16.8. The molecule has 0 saturated carbocycles. The van der Waals surface area contributed by atoms with Gasteiger partial charge >= 0.3 is 0 Å². The molecule has 0 spiro atoms. The highest BCUT2D eigenvalue weighted by Gasteiger charge is 2.23. The first-order valence-corrected chi connectivity index (χ1v) is 8.64. The van der Waals surface area contributed by atoms with Crippen molar-refractivity contribution < 1.29 is 4.79 Å². The Morgan fingerprint density at radius 2 is 1.71 bits per heavy atom. The third kappa shape index (κ3) is 4.02. The minimum atomic E-state index is -0.0290. The van der Waals surface area contributed by atoms with Gasteiger partial charge in [-0.15, -0.1) is 0 Å². The molecule has 1 aliphatic rings. The van der Waals surface area contributed by atoms with Crippen LogP contribution in [0.1, 0.15) is 40.4 Å². The van der Waals surface area contributed by atoms with Crippen LogP contribution in [0.25, 0.3) is 0 Å². The average Bonchev–Trinajstić information content (AvgIpc) is 3.17. The van der Waals surface area contributed by atoms with E-state index in [1.54, 1.807) is 0 Å². The maximum Gasteiger partial charge on any atom is 0.251 e. The highest BCUT2D eigenvalue weighted by Crippen LogP contribution is 2.24. The van der Waals surface area contributed by atoms with Crippen LogP contribution in [-0.2, 0) is 6.54 Å². The molecule has 1 atom stereocenters. The molecule has 1 amide bonds. The van der Waals surface area contributed by atoms with E-state index < -0.39 is 0 Å². The third-order valence-corrected chi connectivity index (χ3v) is 4.67. The molecule has 1 heterocycles. The van der Waals surface area contributed by atoms with Crippen LogP contribution in [0.15, 0.2) is 54.6 Å². The first-order chi connectivity index (χ1) is 11.8. The lowest BCUT2D eigenvalue weighted by Gasteiger charge is -2.28. The van der Waals surface area contributed by atoms with Gasteiger partial charge < -0.3 is 11.1 Å². The summed E-state index contributed by atoms with van der Waals surface area (Å²) in [5.41, 5.74) is 8.58. The summed E-state index contributed by atoms with van der Waals surface area (Å²) in [6.07, 6.45) is 2.47. The number of likely N-dealkylation sites (tertiary alicyclic amines) is 1. The molecule has 1 fully saturated rings. The fourth-order valence-corrected chi connectivity index (χ4v) is 3.27. The molecule has 4 heteroatoms. The summed E-state index contributed by atoms with van der Waals surface area (Å²) in [4.78, 5) is 14.9. The Kier molecular flexibility index (Phi) is 5.62. The van der Waals surface area contributed by atoms with Crippen molar-refractivity contribution in [3.05, 3.63) is 71.3 Å². The van der Waals surface area contributed by atoms with E-state index in [0.29, 0.717) is 18.7 Å². The Balaban J connectivity index is 1.67. The van der Waals surface area contributed by atoms with Crippen LogP contribution in [0.2, 0.25) is 0 Å². The van der Waals surface area contributed by atoms with Crippen LogP contribution in [0.4, 0.5) is 0 Å². The lowest BCUT2D eigenvalue weighted by Crippen LogP contribution is -2.36. The summed E-state index contributed by atoms with van der Waals surface area (Å²) in [7, 11) is 0. The van der Waals surface area contributed by atoms with Crippen molar-refractivity contribution >= 4 is 5.91 Å². The molecule has 3 N–H and O–H groups in total. The number of nitrogens with zero attached hydrogens (tertiary/aromatic N) is 1. The van der Waals surface area contributed by atoms with Gasteiger partial charge in [-0.2, -0.15) is 0 Å². The van der Waals surface area contributed by atoms with E-state index in [-0.39, 0.29) is 11.9 Å². The lowest BCUT2D eigenvalue weighted by atomic mass is 10.1. The number of nitrogens with two attached hydrogens (primary N) is 1. The van der Waals surface area contributed by atoms with Gasteiger partial charge in [-0.25, -0.2) is 0 Å². The fraction of sp³-hybridized carbons (Fsp3) is 0.350. The average molecular weight is 323 g/mol. The number of rotatable bonds is 6. The third-order valence-electron chi connectivity index (χ3n) is 4.67. The van der Waals surface area contributed by atoms with Gasteiger partial charge in [0.2, 0.25) is 0 Å². The van der Waals surface area contributed by atoms with E-state index in [2.05, 4.69) is 34.5 Å². The van der Waals surface area contributed by atoms with Gasteiger partial charge in [-0.05, 0) is 49.2 Å². The van der Waals surface area contributed by atoms with Crippen LogP contribution in [-0.4, -0.2) is 30.4 Å². The predicted octanol–water partition coefficient (Wildman–Crippen LogP) is 2.71. The molecule has 24 heavy (non-hydrogen) atoms. The Morgan fingerprint density at radius 1 is 1.04 bits per heavy atom. The van der Waals surface area contributed by atoms with Gasteiger partial charge in [-0.3, -0.25) is 9.69 Å². The topological polar surface area (TPSA) is 58.4 Å². The Morgan fingerprint density at radius 3 is 2.33 bits per heavy atom. The van der Waals surface area contributed by atoms with Crippen molar-refractivity contribution in [3.8, 4) is 0 Å². The zero-order valence-electron chi connectivity index (χ0n) is 13.9. The normalized spacial score (nSPS) is 16.0. The van der Waals surface area contributed by atoms with Crippen molar-refractivity contribution in [3.63, 3.8) is 0 Å². The fourth-order valence-electron chi connectivity index (χ4n) is 3.27. The van der Waals surface area contributed by atoms with Gasteiger partial charge in [0.15, 0.2) is 0 Å². The molecule has 2 aromatic rings. The SMILES string of the molecule is NCc1ccc(C(=O)NCC(c2ccccc2)N2CCCC2)cc1. The van der Waals surface area contributed by atoms with Crippen LogP contribution >= 0.6 is 0 Å². The molecule has 0 aliphatic carbocycles. The smallest absolute Gasteiger partial charge is 0.251 e. The van der Waals surface area contributed by atoms with Crippen molar-refractivity contribution in [1.29, 1.82) is 0 Å². The Labute approximate surface area is 143 Å². The summed E-state index contributed by atoms with van der Waals surface area (Å²) < 4.78 is 0. The maximum absolute atomic E-state index is 12.4. The van der Waals surface area contributed by atoms with Gasteiger partial charge in [0.05, 0.1) is 6.04 Å². The molecule has 1 saturated heterocycles. The highest BCUT2D eigenvalue weighted by atomic mass is 16.1. The molecule has 0 aromatic heterocycles. The lowest BCUT2D eigenvalue weighted by molar-refractivity contribution is 0.0938. The van der Waals surface area contributed by atoms with Crippen LogP contribution in [0.3, 0.4) is 0 Å². The van der Waals surface area contributed by atoms with Gasteiger partial charge in [0.25, 0.3) is 5.91 Å². The van der Waals surface area contributed by atoms with Gasteiger partial charge in [0.1, 0.15) is 0 Å². The minimum absolute atomic E-state index is 0.0290. The molecule has 1 aliphatic heterocycles. The highest BCUT2D eigenvalue weighted by molar-refractivity contribution is 5.94. The molecule has 1 unspecified atom stereocenters. The Bertz CT molecular complexity index is 648. The summed E-state index contributed by atoms with van der Waals surface area (Å²) in [6, 6.07) is 18.2. The van der Waals surface area contributed by atoms with E-state index in [9.17, 15) is 4.79 Å². The maximum atomic E-state index is 12.4. The Hall–Kier alpha value is -2.17. The first kappa shape index (κ1) is 16.7. The van der Waals surface area contributed by atoms with Gasteiger partial charge in [-0.1, -0.05) is 42.5 Å². The number of amides is 1. The first-order valence-electron chi connectivity index (χ1n) is 8.64. The molecule has 0 radical (unpaired) electrons. The molecule has 2 aromatic carbocycles. The second kappa shape index (κ2) is 8.08. The number of hydrogen-bond donors (Lipinski definition) is 2. The van der Waals surface area contributed by atoms with E-state index in [4.69, 9.17) is 5.73 Å². The van der Waals surface area contributed by atoms with E-state index >= 15 is 0 Å². The standard InChI is InChI=1S/C20H25N3O/c21-14-16-8-10-18(11-9-16)20(24)22-15-19(23-12-4-5-13-23)17-6-2-1-3-7-17/h1-3,6-11,19H,4-5,12-15,21H2,(H,22,24). The molecular weight excluding hydrogens is 298 g/mol. The van der Waals surface area contributed by atoms with E-state index in [0.717, 1.165) is 18.7 Å². The number of carbonyl (C=O) groups excluding carboxylic acids is 1. The van der Waals surface area contributed by atoms with E-state index in [1.165, 1.54) is 18.4 Å². The predicted molar refractivity (Wildman–Crippen MR) is 96.7 cm³/mol. The largest absolute Gasteiger partial charge is 0.350 e. The summed E-state index contributed by atoms with van der Waals surface area (Å²) in [5, 5.41) is 3.10. The monoisotopic (exact) mass is 323 g/mol. The van der Waals surface area contributed by atoms with Crippen molar-refractivity contribution in [1.82, 2.24) is 10.2 Å². The molecule has 4 nitrogen and oxygen atoms in total. The van der Waals surface area contributed by atoms with Crippen molar-refractivity contribution in [2.24, 2.45) is 5.73 Å². The summed E-state index contributed by atoms with van der Waals surface area (Å²) in [6.45, 7) is 3.32. The zero-order valence-corrected chi connectivity index (χ0v) is 13.9. The van der Waals surface area contributed by atoms with Crippen LogP contribution in [0.5, 0.6) is 0 Å². The molecule has 0 bridgehead atoms. The summed E-state index contributed by atoms with van der Waals surface area (Å²) in [5.74, 6) is -0.0290. The number of benzene rings is 2. The second-order valence-electron chi connectivity index (χ2n) is 6.28. The van der Waals surface area contributed by atoms with Crippen molar-refractivity contribution in [2.45, 2.75) is 25.4 Å². The van der Waals surface area contributed by atoms with Gasteiger partial charge in [0, 0.05) is 18.7 Å². The second-order valence-corrected chi connectivity index (χ2v) is 6.28. The number of nitrogens with one attached hydrogen (secondary N) is 1. The molecular formula is C20H25N3O.